The predicted molar refractivity (Wildman–Crippen MR) is 101 cm³/mol. The van der Waals surface area contributed by atoms with Gasteiger partial charge in [0, 0.05) is 57.6 Å². The van der Waals surface area contributed by atoms with Gasteiger partial charge in [-0.25, -0.2) is 9.97 Å². The van der Waals surface area contributed by atoms with Crippen LogP contribution < -0.4 is 10.6 Å². The van der Waals surface area contributed by atoms with Gasteiger partial charge in [0.05, 0.1) is 0 Å². The van der Waals surface area contributed by atoms with Gasteiger partial charge < -0.3 is 10.6 Å². The van der Waals surface area contributed by atoms with E-state index in [1.165, 1.54) is 5.56 Å². The molecule has 1 fully saturated rings. The number of aromatic nitrogens is 2. The lowest BCUT2D eigenvalue weighted by molar-refractivity contribution is 0.316. The fraction of sp³-hybridized carbons (Fsp3) is 0.444. The van der Waals surface area contributed by atoms with Crippen LogP contribution in [0, 0.1) is 5.92 Å². The second-order valence-electron chi connectivity index (χ2n) is 6.49. The second kappa shape index (κ2) is 8.42. The summed E-state index contributed by atoms with van der Waals surface area (Å²) in [4.78, 5) is 13.2. The first-order chi connectivity index (χ1) is 11.2. The highest BCUT2D eigenvalue weighted by atomic mass is 35.5. The molecule has 0 aliphatic carbocycles. The third kappa shape index (κ3) is 4.23. The highest BCUT2D eigenvalue weighted by Crippen LogP contribution is 2.32. The Hall–Kier alpha value is -1.69. The molecule has 130 valence electrons. The van der Waals surface area contributed by atoms with Gasteiger partial charge in [0.1, 0.15) is 0 Å². The minimum absolute atomic E-state index is 0. The lowest BCUT2D eigenvalue weighted by Crippen LogP contribution is -2.23. The first-order valence-corrected chi connectivity index (χ1v) is 8.13. The Morgan fingerprint density at radius 3 is 2.38 bits per heavy atom. The normalized spacial score (nSPS) is 20.6. The standard InChI is InChI=1S/C18H25N5.ClH/c1-22(2)18-20-9-14(10-21-18)11-23-12-16(8-19)17(13-23)15-6-4-3-5-7-15;/h3-7,9-10,16-17H,8,11-13,19H2,1-2H3;1H/t16-,17+;/m1./s1. The van der Waals surface area contributed by atoms with Crippen LogP contribution in [0.5, 0.6) is 0 Å². The van der Waals surface area contributed by atoms with Gasteiger partial charge in [-0.15, -0.1) is 12.4 Å². The lowest BCUT2D eigenvalue weighted by atomic mass is 9.89. The maximum atomic E-state index is 6.01. The Labute approximate surface area is 150 Å². The number of hydrogen-bond donors (Lipinski definition) is 1. The molecule has 3 rings (SSSR count). The maximum Gasteiger partial charge on any atom is 0.224 e. The van der Waals surface area contributed by atoms with E-state index in [4.69, 9.17) is 5.73 Å². The molecule has 1 aliphatic rings. The Bertz CT molecular complexity index is 617. The number of nitrogens with two attached hydrogens (primary N) is 1. The number of benzene rings is 1. The van der Waals surface area contributed by atoms with E-state index in [0.717, 1.165) is 37.7 Å². The smallest absolute Gasteiger partial charge is 0.224 e. The van der Waals surface area contributed by atoms with Gasteiger partial charge >= 0.3 is 0 Å². The lowest BCUT2D eigenvalue weighted by Gasteiger charge is -2.17. The monoisotopic (exact) mass is 347 g/mol. The molecule has 0 amide bonds. The van der Waals surface area contributed by atoms with Crippen LogP contribution in [0.1, 0.15) is 17.0 Å². The zero-order valence-electron chi connectivity index (χ0n) is 14.3. The highest BCUT2D eigenvalue weighted by molar-refractivity contribution is 5.85. The molecule has 2 heterocycles. The van der Waals surface area contributed by atoms with Crippen LogP contribution in [0.25, 0.3) is 0 Å². The number of rotatable bonds is 5. The van der Waals surface area contributed by atoms with Gasteiger partial charge in [0.25, 0.3) is 0 Å². The van der Waals surface area contributed by atoms with Crippen molar-refractivity contribution in [1.82, 2.24) is 14.9 Å². The van der Waals surface area contributed by atoms with Crippen LogP contribution in [0.15, 0.2) is 42.7 Å². The van der Waals surface area contributed by atoms with Crippen molar-refractivity contribution in [1.29, 1.82) is 0 Å². The molecule has 24 heavy (non-hydrogen) atoms. The van der Waals surface area contributed by atoms with Crippen LogP contribution in [0.3, 0.4) is 0 Å². The van der Waals surface area contributed by atoms with Crippen LogP contribution >= 0.6 is 12.4 Å². The van der Waals surface area contributed by atoms with Crippen LogP contribution in [-0.4, -0.2) is 48.6 Å². The summed E-state index contributed by atoms with van der Waals surface area (Å²) in [7, 11) is 3.90. The van der Waals surface area contributed by atoms with Crippen molar-refractivity contribution < 1.29 is 0 Å². The van der Waals surface area contributed by atoms with Gasteiger partial charge in [-0.1, -0.05) is 30.3 Å². The summed E-state index contributed by atoms with van der Waals surface area (Å²) in [5.74, 6) is 1.78. The molecule has 0 saturated carbocycles. The van der Waals surface area contributed by atoms with E-state index in [2.05, 4.69) is 45.2 Å². The number of anilines is 1. The molecule has 1 saturated heterocycles. The molecular weight excluding hydrogens is 322 g/mol. The van der Waals surface area contributed by atoms with E-state index < -0.39 is 0 Å². The summed E-state index contributed by atoms with van der Waals surface area (Å²) in [6, 6.07) is 10.7. The quantitative estimate of drug-likeness (QED) is 0.898. The van der Waals surface area contributed by atoms with Crippen molar-refractivity contribution in [3.05, 3.63) is 53.9 Å². The van der Waals surface area contributed by atoms with Crippen molar-refractivity contribution in [3.63, 3.8) is 0 Å². The number of likely N-dealkylation sites (tertiary alicyclic amines) is 1. The van der Waals surface area contributed by atoms with E-state index in [0.29, 0.717) is 11.8 Å². The summed E-state index contributed by atoms with van der Waals surface area (Å²) in [5.41, 5.74) is 8.56. The molecule has 5 nitrogen and oxygen atoms in total. The Kier molecular flexibility index (Phi) is 6.54. The van der Waals surface area contributed by atoms with E-state index in [1.807, 2.05) is 31.4 Å². The van der Waals surface area contributed by atoms with E-state index in [1.54, 1.807) is 0 Å². The molecule has 1 aromatic heterocycles. The fourth-order valence-corrected chi connectivity index (χ4v) is 3.33. The SMILES string of the molecule is CN(C)c1ncc(CN2C[C@@H](CN)[C@H](c3ccccc3)C2)cn1.Cl. The minimum atomic E-state index is 0. The van der Waals surface area contributed by atoms with Crippen molar-refractivity contribution in [2.45, 2.75) is 12.5 Å². The minimum Gasteiger partial charge on any atom is -0.347 e. The fourth-order valence-electron chi connectivity index (χ4n) is 3.33. The average Bonchev–Trinajstić information content (AvgIpc) is 2.99. The van der Waals surface area contributed by atoms with Crippen molar-refractivity contribution in [2.24, 2.45) is 11.7 Å². The molecule has 1 aromatic carbocycles. The number of halogens is 1. The van der Waals surface area contributed by atoms with Crippen molar-refractivity contribution >= 4 is 18.4 Å². The molecule has 2 N–H and O–H groups in total. The highest BCUT2D eigenvalue weighted by Gasteiger charge is 2.32. The van der Waals surface area contributed by atoms with E-state index in [9.17, 15) is 0 Å². The van der Waals surface area contributed by atoms with Gasteiger partial charge in [-0.05, 0) is 18.0 Å². The van der Waals surface area contributed by atoms with E-state index >= 15 is 0 Å². The van der Waals surface area contributed by atoms with Gasteiger partial charge in [0.2, 0.25) is 5.95 Å². The first-order valence-electron chi connectivity index (χ1n) is 8.13. The van der Waals surface area contributed by atoms with Crippen LogP contribution in [0.4, 0.5) is 5.95 Å². The Balaban J connectivity index is 0.00000208. The molecular formula is C18H26ClN5. The molecule has 0 radical (unpaired) electrons. The summed E-state index contributed by atoms with van der Waals surface area (Å²) in [5, 5.41) is 0. The summed E-state index contributed by atoms with van der Waals surface area (Å²) in [6.07, 6.45) is 3.85. The molecule has 2 atom stereocenters. The van der Waals surface area contributed by atoms with Gasteiger partial charge in [-0.3, -0.25) is 4.90 Å². The third-order valence-corrected chi connectivity index (χ3v) is 4.54. The second-order valence-corrected chi connectivity index (χ2v) is 6.49. The predicted octanol–water partition coefficient (Wildman–Crippen LogP) is 2.14. The zero-order chi connectivity index (χ0) is 16.2. The number of nitrogens with zero attached hydrogens (tertiary/aromatic N) is 4. The molecule has 0 bridgehead atoms. The van der Waals surface area contributed by atoms with Gasteiger partial charge in [-0.2, -0.15) is 0 Å². The van der Waals surface area contributed by atoms with Crippen LogP contribution in [-0.2, 0) is 6.54 Å². The summed E-state index contributed by atoms with van der Waals surface area (Å²) in [6.45, 7) is 3.69. The van der Waals surface area contributed by atoms with Crippen molar-refractivity contribution in [2.75, 3.05) is 38.6 Å². The molecule has 2 aromatic rings. The first kappa shape index (κ1) is 18.6. The van der Waals surface area contributed by atoms with E-state index in [-0.39, 0.29) is 12.4 Å². The maximum absolute atomic E-state index is 6.01. The summed E-state index contributed by atoms with van der Waals surface area (Å²) >= 11 is 0. The summed E-state index contributed by atoms with van der Waals surface area (Å²) < 4.78 is 0. The third-order valence-electron chi connectivity index (χ3n) is 4.54. The van der Waals surface area contributed by atoms with Crippen molar-refractivity contribution in [3.8, 4) is 0 Å². The molecule has 0 spiro atoms. The number of hydrogen-bond acceptors (Lipinski definition) is 5. The molecule has 0 unspecified atom stereocenters. The zero-order valence-corrected chi connectivity index (χ0v) is 15.1. The molecule has 6 heteroatoms. The Morgan fingerprint density at radius 2 is 1.79 bits per heavy atom. The largest absolute Gasteiger partial charge is 0.347 e. The van der Waals surface area contributed by atoms with Crippen LogP contribution in [0.2, 0.25) is 0 Å². The Morgan fingerprint density at radius 1 is 1.12 bits per heavy atom. The van der Waals surface area contributed by atoms with Gasteiger partial charge in [0.15, 0.2) is 0 Å². The topological polar surface area (TPSA) is 58.3 Å². The average molecular weight is 348 g/mol. The molecule has 1 aliphatic heterocycles.